The molecule has 170 valence electrons. The minimum absolute atomic E-state index is 0.00535. The Kier molecular flexibility index (Phi) is 5.06. The van der Waals surface area contributed by atoms with Gasteiger partial charge in [-0.3, -0.25) is 19.1 Å². The number of imidazole rings is 1. The Bertz CT molecular complexity index is 1130. The topological polar surface area (TPSA) is 108 Å². The van der Waals surface area contributed by atoms with Crippen molar-refractivity contribution in [3.63, 3.8) is 0 Å². The van der Waals surface area contributed by atoms with Crippen LogP contribution < -0.4 is 11.0 Å². The Balaban J connectivity index is 1.24. The van der Waals surface area contributed by atoms with Gasteiger partial charge in [0, 0.05) is 19.1 Å². The predicted octanol–water partition coefficient (Wildman–Crippen LogP) is 1.99. The highest BCUT2D eigenvalue weighted by molar-refractivity contribution is 6.09. The van der Waals surface area contributed by atoms with Crippen molar-refractivity contribution in [2.45, 2.75) is 57.0 Å². The first-order valence-electron chi connectivity index (χ1n) is 11.5. The van der Waals surface area contributed by atoms with Gasteiger partial charge in [0.15, 0.2) is 0 Å². The number of nitrogens with zero attached hydrogens (tertiary/aromatic N) is 3. The first-order chi connectivity index (χ1) is 15.4. The van der Waals surface area contributed by atoms with Crippen LogP contribution in [0.3, 0.4) is 0 Å². The molecular formula is C23H29N5O4. The van der Waals surface area contributed by atoms with Crippen LogP contribution in [0.15, 0.2) is 29.1 Å². The molecule has 3 fully saturated rings. The fourth-order valence-electron chi connectivity index (χ4n) is 5.68. The van der Waals surface area contributed by atoms with Crippen molar-refractivity contribution < 1.29 is 14.4 Å². The summed E-state index contributed by atoms with van der Waals surface area (Å²) in [5, 5.41) is 2.90. The molecule has 2 aliphatic heterocycles. The highest BCUT2D eigenvalue weighted by atomic mass is 16.2. The van der Waals surface area contributed by atoms with Gasteiger partial charge < -0.3 is 15.2 Å². The van der Waals surface area contributed by atoms with Crippen molar-refractivity contribution in [3.8, 4) is 0 Å². The van der Waals surface area contributed by atoms with E-state index in [1.54, 1.807) is 9.47 Å². The number of H-pyrrole nitrogens is 1. The summed E-state index contributed by atoms with van der Waals surface area (Å²) in [6.45, 7) is 2.75. The van der Waals surface area contributed by atoms with Crippen LogP contribution in [0.4, 0.5) is 4.79 Å². The summed E-state index contributed by atoms with van der Waals surface area (Å²) in [6.07, 6.45) is 4.78. The van der Waals surface area contributed by atoms with Gasteiger partial charge in [-0.1, -0.05) is 31.9 Å². The summed E-state index contributed by atoms with van der Waals surface area (Å²) in [5.74, 6) is -0.417. The summed E-state index contributed by atoms with van der Waals surface area (Å²) in [6, 6.07) is 7.14. The number of rotatable bonds is 3. The predicted molar refractivity (Wildman–Crippen MR) is 118 cm³/mol. The molecule has 1 aromatic heterocycles. The molecule has 0 unspecified atom stereocenters. The molecule has 1 saturated carbocycles. The van der Waals surface area contributed by atoms with E-state index in [0.29, 0.717) is 32.4 Å². The van der Waals surface area contributed by atoms with Crippen LogP contribution >= 0.6 is 0 Å². The lowest BCUT2D eigenvalue weighted by Crippen LogP contribution is -2.54. The molecule has 32 heavy (non-hydrogen) atoms. The van der Waals surface area contributed by atoms with Crippen LogP contribution in [-0.2, 0) is 9.59 Å². The van der Waals surface area contributed by atoms with Gasteiger partial charge >= 0.3 is 11.7 Å². The van der Waals surface area contributed by atoms with Gasteiger partial charge in [0.2, 0.25) is 5.91 Å². The van der Waals surface area contributed by atoms with Crippen LogP contribution in [-0.4, -0.2) is 62.4 Å². The number of hydrogen-bond acceptors (Lipinski definition) is 4. The number of amides is 4. The zero-order chi connectivity index (χ0) is 22.5. The average Bonchev–Trinajstić information content (AvgIpc) is 3.24. The SMILES string of the molecule is C[C@@H]1CCCC[C@@]12NC(=O)N(CC(=O)N1CCC(n3c(=O)[nH]c4ccccc43)CC1)C2=O. The van der Waals surface area contributed by atoms with Gasteiger partial charge in [-0.15, -0.1) is 0 Å². The second-order valence-corrected chi connectivity index (χ2v) is 9.37. The van der Waals surface area contributed by atoms with Crippen molar-refractivity contribution in [2.75, 3.05) is 19.6 Å². The maximum atomic E-state index is 13.1. The molecule has 1 spiro atoms. The standard InChI is InChI=1S/C23H29N5O4/c1-15-6-4-5-11-23(15)20(30)27(22(32)25-23)14-19(29)26-12-9-16(10-13-26)28-18-8-3-2-7-17(18)24-21(28)31/h2-3,7-8,15-16H,4-6,9-14H2,1H3,(H,24,31)(H,25,32)/t15-,23-/m1/s1. The van der Waals surface area contributed by atoms with Crippen molar-refractivity contribution >= 4 is 28.9 Å². The van der Waals surface area contributed by atoms with Crippen molar-refractivity contribution in [2.24, 2.45) is 5.92 Å². The van der Waals surface area contributed by atoms with E-state index in [1.165, 1.54) is 0 Å². The molecular weight excluding hydrogens is 410 g/mol. The van der Waals surface area contributed by atoms with Crippen LogP contribution in [0.2, 0.25) is 0 Å². The molecule has 1 aliphatic carbocycles. The quantitative estimate of drug-likeness (QED) is 0.713. The Morgan fingerprint density at radius 2 is 1.84 bits per heavy atom. The Hall–Kier alpha value is -3.10. The molecule has 1 aromatic carbocycles. The number of likely N-dealkylation sites (tertiary alicyclic amines) is 1. The third kappa shape index (κ3) is 3.22. The molecule has 2 aromatic rings. The number of benzene rings is 1. The molecule has 2 atom stereocenters. The smallest absolute Gasteiger partial charge is 0.326 e. The second kappa shape index (κ2) is 7.79. The highest BCUT2D eigenvalue weighted by Crippen LogP contribution is 2.38. The molecule has 2 N–H and O–H groups in total. The van der Waals surface area contributed by atoms with E-state index < -0.39 is 11.6 Å². The van der Waals surface area contributed by atoms with E-state index in [4.69, 9.17) is 0 Å². The number of carbonyl (C=O) groups is 3. The lowest BCUT2D eigenvalue weighted by molar-refractivity contribution is -0.141. The summed E-state index contributed by atoms with van der Waals surface area (Å²) in [7, 11) is 0. The zero-order valence-electron chi connectivity index (χ0n) is 18.3. The van der Waals surface area contributed by atoms with Gasteiger partial charge in [-0.25, -0.2) is 9.59 Å². The number of carbonyl (C=O) groups excluding carboxylic acids is 3. The Morgan fingerprint density at radius 1 is 1.09 bits per heavy atom. The number of urea groups is 1. The van der Waals surface area contributed by atoms with Crippen LogP contribution in [0.5, 0.6) is 0 Å². The normalized spacial score (nSPS) is 26.8. The van der Waals surface area contributed by atoms with E-state index in [1.807, 2.05) is 31.2 Å². The summed E-state index contributed by atoms with van der Waals surface area (Å²) in [4.78, 5) is 56.8. The lowest BCUT2D eigenvalue weighted by atomic mass is 9.73. The Labute approximate surface area is 185 Å². The molecule has 0 bridgehead atoms. The van der Waals surface area contributed by atoms with E-state index >= 15 is 0 Å². The van der Waals surface area contributed by atoms with Gasteiger partial charge in [0.25, 0.3) is 5.91 Å². The fraction of sp³-hybridized carbons (Fsp3) is 0.565. The maximum Gasteiger partial charge on any atom is 0.326 e. The van der Waals surface area contributed by atoms with E-state index in [2.05, 4.69) is 10.3 Å². The first kappa shape index (κ1) is 20.8. The monoisotopic (exact) mass is 439 g/mol. The largest absolute Gasteiger partial charge is 0.341 e. The Morgan fingerprint density at radius 3 is 2.59 bits per heavy atom. The van der Waals surface area contributed by atoms with E-state index in [0.717, 1.165) is 35.2 Å². The fourth-order valence-corrected chi connectivity index (χ4v) is 5.68. The van der Waals surface area contributed by atoms with Gasteiger partial charge in [0.1, 0.15) is 12.1 Å². The number of para-hydroxylation sites is 2. The number of nitrogens with one attached hydrogen (secondary N) is 2. The zero-order valence-corrected chi connectivity index (χ0v) is 18.3. The molecule has 0 radical (unpaired) electrons. The van der Waals surface area contributed by atoms with E-state index in [-0.39, 0.29) is 36.0 Å². The van der Waals surface area contributed by atoms with Gasteiger partial charge in [-0.05, 0) is 43.7 Å². The molecule has 5 rings (SSSR count). The van der Waals surface area contributed by atoms with Crippen LogP contribution in [0, 0.1) is 5.92 Å². The molecule has 3 heterocycles. The number of hydrogen-bond donors (Lipinski definition) is 2. The molecule has 4 amide bonds. The average molecular weight is 440 g/mol. The number of aromatic amines is 1. The van der Waals surface area contributed by atoms with Gasteiger partial charge in [-0.2, -0.15) is 0 Å². The van der Waals surface area contributed by atoms with Crippen LogP contribution in [0.1, 0.15) is 51.5 Å². The minimum Gasteiger partial charge on any atom is -0.341 e. The minimum atomic E-state index is -0.848. The number of imide groups is 1. The second-order valence-electron chi connectivity index (χ2n) is 9.37. The maximum absolute atomic E-state index is 13.1. The molecule has 9 nitrogen and oxygen atoms in total. The number of piperidine rings is 1. The first-order valence-corrected chi connectivity index (χ1v) is 11.5. The molecule has 3 aliphatic rings. The van der Waals surface area contributed by atoms with Gasteiger partial charge in [0.05, 0.1) is 11.0 Å². The highest BCUT2D eigenvalue weighted by Gasteiger charge is 2.55. The molecule has 9 heteroatoms. The van der Waals surface area contributed by atoms with Crippen molar-refractivity contribution in [1.29, 1.82) is 0 Å². The summed E-state index contributed by atoms with van der Waals surface area (Å²) >= 11 is 0. The van der Waals surface area contributed by atoms with Crippen molar-refractivity contribution in [1.82, 2.24) is 24.7 Å². The third-order valence-corrected chi connectivity index (χ3v) is 7.60. The number of fused-ring (bicyclic) bond motifs is 1. The third-order valence-electron chi connectivity index (χ3n) is 7.60. The lowest BCUT2D eigenvalue weighted by Gasteiger charge is -2.37. The molecule has 2 saturated heterocycles. The van der Waals surface area contributed by atoms with Crippen molar-refractivity contribution in [3.05, 3.63) is 34.7 Å². The summed E-state index contributed by atoms with van der Waals surface area (Å²) in [5.41, 5.74) is 0.690. The summed E-state index contributed by atoms with van der Waals surface area (Å²) < 4.78 is 1.78. The van der Waals surface area contributed by atoms with Crippen LogP contribution in [0.25, 0.3) is 11.0 Å². The van der Waals surface area contributed by atoms with E-state index in [9.17, 15) is 19.2 Å². The number of aromatic nitrogens is 2.